The molecule has 0 saturated carbocycles. The van der Waals surface area contributed by atoms with E-state index in [0.717, 1.165) is 24.1 Å². The summed E-state index contributed by atoms with van der Waals surface area (Å²) in [5.74, 6) is 0.687. The van der Waals surface area contributed by atoms with E-state index in [2.05, 4.69) is 11.9 Å². The van der Waals surface area contributed by atoms with Crippen molar-refractivity contribution < 1.29 is 4.74 Å². The summed E-state index contributed by atoms with van der Waals surface area (Å²) in [6, 6.07) is 7.92. The van der Waals surface area contributed by atoms with E-state index < -0.39 is 0 Å². The van der Waals surface area contributed by atoms with Crippen molar-refractivity contribution in [3.8, 4) is 0 Å². The maximum atomic E-state index is 5.76. The molecule has 1 aromatic rings. The molecule has 0 spiro atoms. The van der Waals surface area contributed by atoms with Gasteiger partial charge in [-0.1, -0.05) is 19.1 Å². The van der Waals surface area contributed by atoms with Gasteiger partial charge >= 0.3 is 0 Å². The van der Waals surface area contributed by atoms with Gasteiger partial charge in [0.25, 0.3) is 0 Å². The quantitative estimate of drug-likeness (QED) is 0.594. The minimum Gasteiger partial charge on any atom is -0.387 e. The first-order valence-corrected chi connectivity index (χ1v) is 5.17. The molecule has 1 rings (SSSR count). The van der Waals surface area contributed by atoms with Crippen LogP contribution in [0.25, 0.3) is 0 Å². The highest BCUT2D eigenvalue weighted by atomic mass is 16.5. The van der Waals surface area contributed by atoms with Crippen LogP contribution in [0.2, 0.25) is 0 Å². The van der Waals surface area contributed by atoms with Crippen molar-refractivity contribution in [1.82, 2.24) is 0 Å². The van der Waals surface area contributed by atoms with Crippen LogP contribution in [0.15, 0.2) is 29.3 Å². The van der Waals surface area contributed by atoms with Gasteiger partial charge in [0, 0.05) is 13.5 Å². The second kappa shape index (κ2) is 6.19. The van der Waals surface area contributed by atoms with Crippen molar-refractivity contribution >= 4 is 11.5 Å². The van der Waals surface area contributed by atoms with Gasteiger partial charge in [-0.3, -0.25) is 0 Å². The third kappa shape index (κ3) is 4.13. The first-order chi connectivity index (χ1) is 7.26. The highest BCUT2D eigenvalue weighted by Crippen LogP contribution is 2.15. The summed E-state index contributed by atoms with van der Waals surface area (Å²) in [5, 5.41) is 0. The summed E-state index contributed by atoms with van der Waals surface area (Å²) in [4.78, 5) is 4.33. The number of hydrogen-bond donors (Lipinski definition) is 1. The smallest absolute Gasteiger partial charge is 0.0996 e. The standard InChI is InChI=1S/C12H18N2O/c1-3-5-12(13)14-11-7-4-6-10(8-11)9-15-2/h4,6-8H,3,5,9H2,1-2H3,(H2,13,14). The molecule has 3 heteroatoms. The second-order valence-corrected chi connectivity index (χ2v) is 3.46. The largest absolute Gasteiger partial charge is 0.387 e. The van der Waals surface area contributed by atoms with Crippen molar-refractivity contribution in [1.29, 1.82) is 0 Å². The first-order valence-electron chi connectivity index (χ1n) is 5.17. The number of rotatable bonds is 5. The van der Waals surface area contributed by atoms with Crippen molar-refractivity contribution in [2.24, 2.45) is 10.7 Å². The molecule has 0 aromatic heterocycles. The average Bonchev–Trinajstić information content (AvgIpc) is 2.19. The van der Waals surface area contributed by atoms with E-state index in [4.69, 9.17) is 10.5 Å². The Morgan fingerprint density at radius 3 is 2.93 bits per heavy atom. The summed E-state index contributed by atoms with van der Waals surface area (Å²) < 4.78 is 5.06. The number of methoxy groups -OCH3 is 1. The zero-order valence-electron chi connectivity index (χ0n) is 9.36. The molecule has 2 N–H and O–H groups in total. The van der Waals surface area contributed by atoms with Crippen LogP contribution in [0.1, 0.15) is 25.3 Å². The molecule has 0 unspecified atom stereocenters. The third-order valence-electron chi connectivity index (χ3n) is 2.00. The fraction of sp³-hybridized carbons (Fsp3) is 0.417. The van der Waals surface area contributed by atoms with Gasteiger partial charge in [-0.15, -0.1) is 0 Å². The van der Waals surface area contributed by atoms with Gasteiger partial charge in [-0.25, -0.2) is 4.99 Å². The molecule has 0 atom stereocenters. The molecule has 3 nitrogen and oxygen atoms in total. The van der Waals surface area contributed by atoms with Gasteiger partial charge in [-0.05, 0) is 24.1 Å². The van der Waals surface area contributed by atoms with Crippen molar-refractivity contribution in [2.45, 2.75) is 26.4 Å². The van der Waals surface area contributed by atoms with E-state index in [0.29, 0.717) is 12.4 Å². The minimum absolute atomic E-state index is 0.608. The van der Waals surface area contributed by atoms with Crippen LogP contribution in [0.3, 0.4) is 0 Å². The average molecular weight is 206 g/mol. The minimum atomic E-state index is 0.608. The highest BCUT2D eigenvalue weighted by Gasteiger charge is 1.95. The molecule has 1 aromatic carbocycles. The van der Waals surface area contributed by atoms with Crippen LogP contribution in [0.4, 0.5) is 5.69 Å². The molecule has 0 bridgehead atoms. The van der Waals surface area contributed by atoms with Gasteiger partial charge in [-0.2, -0.15) is 0 Å². The lowest BCUT2D eigenvalue weighted by atomic mass is 10.2. The summed E-state index contributed by atoms with van der Waals surface area (Å²) in [5.41, 5.74) is 7.77. The molecule has 15 heavy (non-hydrogen) atoms. The van der Waals surface area contributed by atoms with E-state index in [-0.39, 0.29) is 0 Å². The van der Waals surface area contributed by atoms with Crippen molar-refractivity contribution in [2.75, 3.05) is 7.11 Å². The number of nitrogens with zero attached hydrogens (tertiary/aromatic N) is 1. The summed E-state index contributed by atoms with van der Waals surface area (Å²) >= 11 is 0. The monoisotopic (exact) mass is 206 g/mol. The number of hydrogen-bond acceptors (Lipinski definition) is 2. The third-order valence-corrected chi connectivity index (χ3v) is 2.00. The van der Waals surface area contributed by atoms with Crippen molar-refractivity contribution in [3.63, 3.8) is 0 Å². The van der Waals surface area contributed by atoms with Crippen LogP contribution in [-0.4, -0.2) is 12.9 Å². The number of benzene rings is 1. The Morgan fingerprint density at radius 1 is 1.47 bits per heavy atom. The Bertz CT molecular complexity index is 334. The van der Waals surface area contributed by atoms with Gasteiger partial charge in [0.15, 0.2) is 0 Å². The van der Waals surface area contributed by atoms with E-state index in [1.54, 1.807) is 7.11 Å². The normalized spacial score (nSPS) is 11.7. The Kier molecular flexibility index (Phi) is 4.84. The Labute approximate surface area is 91.0 Å². The second-order valence-electron chi connectivity index (χ2n) is 3.46. The Hall–Kier alpha value is -1.35. The highest BCUT2D eigenvalue weighted by molar-refractivity contribution is 5.83. The van der Waals surface area contributed by atoms with Crippen LogP contribution < -0.4 is 5.73 Å². The summed E-state index contributed by atoms with van der Waals surface area (Å²) in [6.45, 7) is 2.70. The molecular formula is C12H18N2O. The molecule has 0 radical (unpaired) electrons. The zero-order valence-corrected chi connectivity index (χ0v) is 9.36. The predicted molar refractivity (Wildman–Crippen MR) is 63.3 cm³/mol. The zero-order chi connectivity index (χ0) is 11.1. The molecule has 0 aliphatic rings. The maximum Gasteiger partial charge on any atom is 0.0996 e. The topological polar surface area (TPSA) is 47.6 Å². The number of ether oxygens (including phenoxy) is 1. The van der Waals surface area contributed by atoms with E-state index >= 15 is 0 Å². The van der Waals surface area contributed by atoms with Gasteiger partial charge in [0.05, 0.1) is 18.1 Å². The van der Waals surface area contributed by atoms with Crippen LogP contribution in [0, 0.1) is 0 Å². The molecule has 82 valence electrons. The fourth-order valence-electron chi connectivity index (χ4n) is 1.36. The molecule has 0 saturated heterocycles. The van der Waals surface area contributed by atoms with E-state index in [1.807, 2.05) is 24.3 Å². The number of aliphatic imine (C=N–C) groups is 1. The van der Waals surface area contributed by atoms with Gasteiger partial charge in [0.2, 0.25) is 0 Å². The molecule has 0 heterocycles. The summed E-state index contributed by atoms with van der Waals surface area (Å²) in [6.07, 6.45) is 1.86. The van der Waals surface area contributed by atoms with Crippen LogP contribution in [-0.2, 0) is 11.3 Å². The van der Waals surface area contributed by atoms with Gasteiger partial charge in [0.1, 0.15) is 0 Å². The Balaban J connectivity index is 2.76. The fourth-order valence-corrected chi connectivity index (χ4v) is 1.36. The van der Waals surface area contributed by atoms with Gasteiger partial charge < -0.3 is 10.5 Å². The SMILES string of the molecule is CCCC(N)=Nc1cccc(COC)c1. The van der Waals surface area contributed by atoms with E-state index in [1.165, 1.54) is 0 Å². The lowest BCUT2D eigenvalue weighted by Gasteiger charge is -2.02. The molecule has 0 fully saturated rings. The van der Waals surface area contributed by atoms with E-state index in [9.17, 15) is 0 Å². The maximum absolute atomic E-state index is 5.76. The summed E-state index contributed by atoms with van der Waals surface area (Å²) in [7, 11) is 1.68. The van der Waals surface area contributed by atoms with Crippen molar-refractivity contribution in [3.05, 3.63) is 29.8 Å². The molecule has 0 aliphatic heterocycles. The van der Waals surface area contributed by atoms with Crippen LogP contribution >= 0.6 is 0 Å². The first kappa shape index (κ1) is 11.7. The van der Waals surface area contributed by atoms with Crippen LogP contribution in [0.5, 0.6) is 0 Å². The number of nitrogens with two attached hydrogens (primary N) is 1. The lowest BCUT2D eigenvalue weighted by Crippen LogP contribution is -2.09. The predicted octanol–water partition coefficient (Wildman–Crippen LogP) is 2.62. The Morgan fingerprint density at radius 2 is 2.27 bits per heavy atom. The molecule has 0 amide bonds. The lowest BCUT2D eigenvalue weighted by molar-refractivity contribution is 0.185. The molecular weight excluding hydrogens is 188 g/mol. The number of amidine groups is 1. The molecule has 0 aliphatic carbocycles.